The topological polar surface area (TPSA) is 46.3 Å². The Morgan fingerprint density at radius 3 is 2.33 bits per heavy atom. The molecule has 0 aromatic rings. The highest BCUT2D eigenvalue weighted by Gasteiger charge is 2.30. The van der Waals surface area contributed by atoms with E-state index in [9.17, 15) is 4.79 Å². The van der Waals surface area contributed by atoms with Crippen molar-refractivity contribution in [2.24, 2.45) is 5.73 Å². The van der Waals surface area contributed by atoms with E-state index >= 15 is 0 Å². The predicted molar refractivity (Wildman–Crippen MR) is 48.7 cm³/mol. The second-order valence-electron chi connectivity index (χ2n) is 3.62. The van der Waals surface area contributed by atoms with Gasteiger partial charge in [0.2, 0.25) is 5.91 Å². The summed E-state index contributed by atoms with van der Waals surface area (Å²) in [6.45, 7) is 4.69. The van der Waals surface area contributed by atoms with Gasteiger partial charge in [-0.1, -0.05) is 0 Å². The van der Waals surface area contributed by atoms with E-state index in [1.165, 1.54) is 0 Å². The molecule has 0 radical (unpaired) electrons. The number of likely N-dealkylation sites (tertiary alicyclic amines) is 1. The van der Waals surface area contributed by atoms with Crippen LogP contribution in [0, 0.1) is 0 Å². The van der Waals surface area contributed by atoms with Crippen molar-refractivity contribution in [3.05, 3.63) is 0 Å². The molecule has 0 unspecified atom stereocenters. The van der Waals surface area contributed by atoms with Crippen molar-refractivity contribution < 1.29 is 4.79 Å². The molecule has 0 spiro atoms. The van der Waals surface area contributed by atoms with E-state index in [2.05, 4.69) is 13.8 Å². The van der Waals surface area contributed by atoms with Gasteiger partial charge in [0.25, 0.3) is 0 Å². The number of carbonyl (C=O) groups excluding carboxylic acids is 1. The first-order valence-electron chi connectivity index (χ1n) is 4.68. The monoisotopic (exact) mass is 170 g/mol. The maximum atomic E-state index is 11.5. The van der Waals surface area contributed by atoms with Crippen LogP contribution in [0.4, 0.5) is 0 Å². The van der Waals surface area contributed by atoms with E-state index in [0.29, 0.717) is 25.0 Å². The largest absolute Gasteiger partial charge is 0.337 e. The van der Waals surface area contributed by atoms with Gasteiger partial charge in [0.15, 0.2) is 0 Å². The number of nitrogens with two attached hydrogens (primary N) is 1. The summed E-state index contributed by atoms with van der Waals surface area (Å²) >= 11 is 0. The molecule has 1 saturated heterocycles. The van der Waals surface area contributed by atoms with Gasteiger partial charge >= 0.3 is 0 Å². The lowest BCUT2D eigenvalue weighted by molar-refractivity contribution is -0.133. The zero-order valence-electron chi connectivity index (χ0n) is 7.92. The summed E-state index contributed by atoms with van der Waals surface area (Å²) in [5.74, 6) is 0.218. The minimum atomic E-state index is 0.218. The van der Waals surface area contributed by atoms with Gasteiger partial charge in [-0.05, 0) is 26.7 Å². The highest BCUT2D eigenvalue weighted by molar-refractivity contribution is 5.77. The van der Waals surface area contributed by atoms with Crippen LogP contribution < -0.4 is 5.73 Å². The Bertz CT molecular complexity index is 160. The lowest BCUT2D eigenvalue weighted by Gasteiger charge is -2.26. The van der Waals surface area contributed by atoms with Crippen LogP contribution in [-0.4, -0.2) is 29.4 Å². The third-order valence-electron chi connectivity index (χ3n) is 2.60. The smallest absolute Gasteiger partial charge is 0.224 e. The fraction of sp³-hybridized carbons (Fsp3) is 0.889. The average Bonchev–Trinajstić information content (AvgIpc) is 2.32. The lowest BCUT2D eigenvalue weighted by Crippen LogP contribution is -2.39. The van der Waals surface area contributed by atoms with E-state index in [1.54, 1.807) is 0 Å². The van der Waals surface area contributed by atoms with Crippen LogP contribution in [0.5, 0.6) is 0 Å². The molecule has 0 aromatic heterocycles. The third-order valence-corrected chi connectivity index (χ3v) is 2.60. The molecule has 0 saturated carbocycles. The minimum absolute atomic E-state index is 0.218. The molecule has 1 aliphatic heterocycles. The van der Waals surface area contributed by atoms with Crippen LogP contribution in [0.3, 0.4) is 0 Å². The number of nitrogens with zero attached hydrogens (tertiary/aromatic N) is 1. The summed E-state index contributed by atoms with van der Waals surface area (Å²) in [7, 11) is 0. The van der Waals surface area contributed by atoms with Crippen molar-refractivity contribution in [2.45, 2.75) is 45.2 Å². The van der Waals surface area contributed by atoms with Gasteiger partial charge in [-0.2, -0.15) is 0 Å². The molecule has 1 aliphatic rings. The fourth-order valence-corrected chi connectivity index (χ4v) is 1.94. The van der Waals surface area contributed by atoms with Crippen molar-refractivity contribution >= 4 is 5.91 Å². The highest BCUT2D eigenvalue weighted by Crippen LogP contribution is 2.23. The fourth-order valence-electron chi connectivity index (χ4n) is 1.94. The number of hydrogen-bond donors (Lipinski definition) is 1. The van der Waals surface area contributed by atoms with E-state index in [0.717, 1.165) is 12.8 Å². The van der Waals surface area contributed by atoms with Crippen molar-refractivity contribution in [1.82, 2.24) is 4.90 Å². The number of carbonyl (C=O) groups is 1. The van der Waals surface area contributed by atoms with Crippen LogP contribution in [0.15, 0.2) is 0 Å². The van der Waals surface area contributed by atoms with Gasteiger partial charge in [0.1, 0.15) is 0 Å². The Balaban J connectivity index is 2.53. The molecule has 0 aliphatic carbocycles. The minimum Gasteiger partial charge on any atom is -0.337 e. The normalized spacial score (nSPS) is 29.4. The molecule has 1 fully saturated rings. The van der Waals surface area contributed by atoms with Crippen molar-refractivity contribution in [3.8, 4) is 0 Å². The number of hydrogen-bond acceptors (Lipinski definition) is 2. The Morgan fingerprint density at radius 1 is 1.42 bits per heavy atom. The van der Waals surface area contributed by atoms with Crippen LogP contribution in [0.25, 0.3) is 0 Å². The number of amides is 1. The van der Waals surface area contributed by atoms with Crippen LogP contribution in [0.2, 0.25) is 0 Å². The first kappa shape index (κ1) is 9.52. The Hall–Kier alpha value is -0.570. The molecule has 1 rings (SSSR count). The molecule has 1 heterocycles. The van der Waals surface area contributed by atoms with E-state index < -0.39 is 0 Å². The van der Waals surface area contributed by atoms with Crippen molar-refractivity contribution in [3.63, 3.8) is 0 Å². The Labute approximate surface area is 73.9 Å². The first-order valence-corrected chi connectivity index (χ1v) is 4.68. The summed E-state index contributed by atoms with van der Waals surface area (Å²) in [5.41, 5.74) is 5.34. The Morgan fingerprint density at radius 2 is 1.92 bits per heavy atom. The van der Waals surface area contributed by atoms with Crippen LogP contribution in [0.1, 0.15) is 33.1 Å². The summed E-state index contributed by atoms with van der Waals surface area (Å²) < 4.78 is 0. The van der Waals surface area contributed by atoms with Gasteiger partial charge in [-0.15, -0.1) is 0 Å². The quantitative estimate of drug-likeness (QED) is 0.664. The second-order valence-corrected chi connectivity index (χ2v) is 3.62. The van der Waals surface area contributed by atoms with E-state index in [-0.39, 0.29) is 5.91 Å². The maximum Gasteiger partial charge on any atom is 0.224 e. The molecular weight excluding hydrogens is 152 g/mol. The summed E-state index contributed by atoms with van der Waals surface area (Å²) in [6.07, 6.45) is 2.77. The van der Waals surface area contributed by atoms with Gasteiger partial charge in [-0.25, -0.2) is 0 Å². The van der Waals surface area contributed by atoms with Gasteiger partial charge < -0.3 is 10.6 Å². The van der Waals surface area contributed by atoms with E-state index in [1.807, 2.05) is 4.90 Å². The van der Waals surface area contributed by atoms with Gasteiger partial charge in [-0.3, -0.25) is 4.79 Å². The third kappa shape index (κ3) is 1.78. The Kier molecular flexibility index (Phi) is 3.09. The average molecular weight is 170 g/mol. The molecule has 70 valence electrons. The van der Waals surface area contributed by atoms with E-state index in [4.69, 9.17) is 5.73 Å². The molecule has 2 N–H and O–H groups in total. The standard InChI is InChI=1S/C9H18N2O/c1-7-3-4-8(2)11(7)9(12)5-6-10/h7-8H,3-6,10H2,1-2H3/t7-,8-/m1/s1. The molecular formula is C9H18N2O. The first-order chi connectivity index (χ1) is 5.66. The summed E-state index contributed by atoms with van der Waals surface area (Å²) in [5, 5.41) is 0. The lowest BCUT2D eigenvalue weighted by atomic mass is 10.2. The molecule has 0 bridgehead atoms. The molecule has 1 amide bonds. The molecule has 3 heteroatoms. The van der Waals surface area contributed by atoms with Gasteiger partial charge in [0, 0.05) is 25.0 Å². The molecule has 12 heavy (non-hydrogen) atoms. The summed E-state index contributed by atoms with van der Waals surface area (Å²) in [6, 6.07) is 0.832. The highest BCUT2D eigenvalue weighted by atomic mass is 16.2. The second kappa shape index (κ2) is 3.90. The van der Waals surface area contributed by atoms with Crippen molar-refractivity contribution in [2.75, 3.05) is 6.54 Å². The molecule has 2 atom stereocenters. The number of rotatable bonds is 2. The van der Waals surface area contributed by atoms with Crippen LogP contribution in [-0.2, 0) is 4.79 Å². The molecule has 3 nitrogen and oxygen atoms in total. The summed E-state index contributed by atoms with van der Waals surface area (Å²) in [4.78, 5) is 13.5. The van der Waals surface area contributed by atoms with Crippen LogP contribution >= 0.6 is 0 Å². The maximum absolute atomic E-state index is 11.5. The van der Waals surface area contributed by atoms with Crippen molar-refractivity contribution in [1.29, 1.82) is 0 Å². The molecule has 0 aromatic carbocycles. The predicted octanol–water partition coefficient (Wildman–Crippen LogP) is 0.735. The SMILES string of the molecule is C[C@@H]1CC[C@@H](C)N1C(=O)CCN. The zero-order chi connectivity index (χ0) is 9.14. The van der Waals surface area contributed by atoms with Gasteiger partial charge in [0.05, 0.1) is 0 Å². The zero-order valence-corrected chi connectivity index (χ0v) is 7.92.